The highest BCUT2D eigenvalue weighted by Crippen LogP contribution is 2.63. The fourth-order valence-electron chi connectivity index (χ4n) is 12.7. The molecule has 0 saturated carbocycles. The number of rotatable bonds is 5. The van der Waals surface area contributed by atoms with Crippen molar-refractivity contribution < 1.29 is 0 Å². The van der Waals surface area contributed by atoms with Crippen molar-refractivity contribution in [3.8, 4) is 67.5 Å². The average molecular weight is 903 g/mol. The average Bonchev–Trinajstić information content (AvgIpc) is 3.93. The second-order valence-corrected chi connectivity index (χ2v) is 19.2. The van der Waals surface area contributed by atoms with E-state index in [1.54, 1.807) is 0 Å². The van der Waals surface area contributed by atoms with Gasteiger partial charge in [-0.25, -0.2) is 15.0 Å². The molecule has 0 aliphatic heterocycles. The maximum absolute atomic E-state index is 5.59. The van der Waals surface area contributed by atoms with Crippen molar-refractivity contribution in [1.29, 1.82) is 0 Å². The normalized spacial score (nSPS) is 16.3. The van der Waals surface area contributed by atoms with E-state index in [9.17, 15) is 0 Å². The van der Waals surface area contributed by atoms with Crippen LogP contribution in [0.25, 0.3) is 101 Å². The number of nitrogens with zero attached hydrogens (tertiary/aromatic N) is 4. The minimum atomic E-state index is -0.494. The highest BCUT2D eigenvalue weighted by molar-refractivity contribution is 6.09. The van der Waals surface area contributed by atoms with Gasteiger partial charge >= 0.3 is 0 Å². The van der Waals surface area contributed by atoms with E-state index < -0.39 is 5.41 Å². The Kier molecular flexibility index (Phi) is 8.67. The van der Waals surface area contributed by atoms with Crippen molar-refractivity contribution in [2.75, 3.05) is 0 Å². The Morgan fingerprint density at radius 3 is 1.72 bits per heavy atom. The van der Waals surface area contributed by atoms with E-state index in [0.29, 0.717) is 17.5 Å². The molecular formula is C67H42N4. The molecule has 4 aliphatic rings. The minimum Gasteiger partial charge on any atom is -0.264 e. The molecule has 0 N–H and O–H groups in total. The van der Waals surface area contributed by atoms with Gasteiger partial charge < -0.3 is 0 Å². The molecule has 0 radical (unpaired) electrons. The second kappa shape index (κ2) is 15.4. The molecule has 4 heteroatoms. The van der Waals surface area contributed by atoms with Gasteiger partial charge in [-0.2, -0.15) is 0 Å². The standard InChI is InChI=1S/C67H42N4/c1-2-18-41(19-3-1)64-69-65(71-66(70-64)55-30-16-34-61-63(55)54-29-12-15-33-60(54)67(61)58-31-13-10-25-50(58)51-26-11-14-32-59(51)67)45-37-43(42-20-17-35-68-40-42)36-44(38-45)56-39-57-48-23-5-4-21-46(48)47-22-6-8-27-52(47)62(57)53-28-9-7-24-49(53)56/h1-40,49,56H. The van der Waals surface area contributed by atoms with Gasteiger partial charge in [-0.1, -0.05) is 212 Å². The van der Waals surface area contributed by atoms with Crippen LogP contribution < -0.4 is 10.4 Å². The van der Waals surface area contributed by atoms with Crippen LogP contribution in [0.4, 0.5) is 0 Å². The van der Waals surface area contributed by atoms with E-state index in [1.165, 1.54) is 82.1 Å². The summed E-state index contributed by atoms with van der Waals surface area (Å²) in [6.45, 7) is 0. The molecule has 71 heavy (non-hydrogen) atoms. The zero-order chi connectivity index (χ0) is 46.6. The van der Waals surface area contributed by atoms with Crippen molar-refractivity contribution in [2.24, 2.45) is 5.92 Å². The van der Waals surface area contributed by atoms with Crippen LogP contribution in [-0.2, 0) is 5.41 Å². The van der Waals surface area contributed by atoms with Crippen molar-refractivity contribution in [2.45, 2.75) is 11.3 Å². The Bertz CT molecular complexity index is 4200. The highest BCUT2D eigenvalue weighted by Gasteiger charge is 2.52. The molecule has 1 spiro atoms. The number of pyridine rings is 1. The lowest BCUT2D eigenvalue weighted by Crippen LogP contribution is -2.37. The minimum absolute atomic E-state index is 0.00999. The second-order valence-electron chi connectivity index (χ2n) is 19.2. The van der Waals surface area contributed by atoms with Crippen LogP contribution in [0, 0.1) is 5.92 Å². The third-order valence-electron chi connectivity index (χ3n) is 15.6. The molecule has 0 saturated heterocycles. The van der Waals surface area contributed by atoms with E-state index in [0.717, 1.165) is 33.4 Å². The summed E-state index contributed by atoms with van der Waals surface area (Å²) in [6.07, 6.45) is 15.5. The Morgan fingerprint density at radius 1 is 0.394 bits per heavy atom. The monoisotopic (exact) mass is 902 g/mol. The predicted octanol–water partition coefficient (Wildman–Crippen LogP) is 14.1. The van der Waals surface area contributed by atoms with Crippen LogP contribution in [-0.4, -0.2) is 19.9 Å². The molecule has 330 valence electrons. The van der Waals surface area contributed by atoms with Gasteiger partial charge in [0.25, 0.3) is 0 Å². The smallest absolute Gasteiger partial charge is 0.164 e. The quantitative estimate of drug-likeness (QED) is 0.162. The molecule has 0 fully saturated rings. The molecule has 4 nitrogen and oxygen atoms in total. The number of hydrogen-bond donors (Lipinski definition) is 0. The van der Waals surface area contributed by atoms with Crippen LogP contribution in [0.1, 0.15) is 33.7 Å². The van der Waals surface area contributed by atoms with Crippen molar-refractivity contribution in [3.63, 3.8) is 0 Å². The number of fused-ring (bicyclic) bond motifs is 17. The van der Waals surface area contributed by atoms with Crippen LogP contribution in [0.15, 0.2) is 237 Å². The maximum atomic E-state index is 5.59. The summed E-state index contributed by atoms with van der Waals surface area (Å²) in [7, 11) is 0. The summed E-state index contributed by atoms with van der Waals surface area (Å²) in [6, 6.07) is 72.8. The van der Waals surface area contributed by atoms with E-state index in [1.807, 2.05) is 24.5 Å². The van der Waals surface area contributed by atoms with Crippen molar-refractivity contribution >= 4 is 33.2 Å². The van der Waals surface area contributed by atoms with Crippen LogP contribution in [0.2, 0.25) is 0 Å². The maximum Gasteiger partial charge on any atom is 0.164 e. The molecule has 0 amide bonds. The number of aromatic nitrogens is 4. The van der Waals surface area contributed by atoms with Gasteiger partial charge in [0.1, 0.15) is 0 Å². The summed E-state index contributed by atoms with van der Waals surface area (Å²) in [5, 5.41) is 7.70. The summed E-state index contributed by atoms with van der Waals surface area (Å²) in [4.78, 5) is 21.0. The Morgan fingerprint density at radius 2 is 0.972 bits per heavy atom. The lowest BCUT2D eigenvalue weighted by Gasteiger charge is -2.30. The fourth-order valence-corrected chi connectivity index (χ4v) is 12.7. The summed E-state index contributed by atoms with van der Waals surface area (Å²) in [5.74, 6) is 2.00. The number of hydrogen-bond acceptors (Lipinski definition) is 4. The third-order valence-corrected chi connectivity index (χ3v) is 15.6. The van der Waals surface area contributed by atoms with E-state index >= 15 is 0 Å². The van der Waals surface area contributed by atoms with E-state index in [-0.39, 0.29) is 11.8 Å². The molecule has 15 rings (SSSR count). The van der Waals surface area contributed by atoms with Gasteiger partial charge in [0.15, 0.2) is 17.5 Å². The molecule has 9 aromatic carbocycles. The lowest BCUT2D eigenvalue weighted by molar-refractivity contribution is 0.744. The topological polar surface area (TPSA) is 51.6 Å². The molecule has 2 heterocycles. The van der Waals surface area contributed by atoms with Gasteiger partial charge in [-0.15, -0.1) is 0 Å². The Balaban J connectivity index is 0.982. The van der Waals surface area contributed by atoms with Gasteiger partial charge in [-0.3, -0.25) is 4.98 Å². The summed E-state index contributed by atoms with van der Waals surface area (Å²) in [5.41, 5.74) is 17.0. The first-order valence-corrected chi connectivity index (χ1v) is 24.5. The Labute approximate surface area is 411 Å². The lowest BCUT2D eigenvalue weighted by atomic mass is 9.70. The van der Waals surface area contributed by atoms with Crippen LogP contribution in [0.3, 0.4) is 0 Å². The highest BCUT2D eigenvalue weighted by atomic mass is 15.0. The molecule has 11 aromatic rings. The zero-order valence-corrected chi connectivity index (χ0v) is 38.5. The van der Waals surface area contributed by atoms with E-state index in [4.69, 9.17) is 15.0 Å². The molecular weight excluding hydrogens is 861 g/mol. The molecule has 4 aliphatic carbocycles. The Hall–Kier alpha value is -9.12. The van der Waals surface area contributed by atoms with Gasteiger partial charge in [0, 0.05) is 46.5 Å². The number of allylic oxidation sites excluding steroid dienone is 4. The predicted molar refractivity (Wildman–Crippen MR) is 289 cm³/mol. The molecule has 0 bridgehead atoms. The van der Waals surface area contributed by atoms with Crippen LogP contribution in [0.5, 0.6) is 0 Å². The third kappa shape index (κ3) is 5.79. The summed E-state index contributed by atoms with van der Waals surface area (Å²) < 4.78 is 0. The zero-order valence-electron chi connectivity index (χ0n) is 38.5. The summed E-state index contributed by atoms with van der Waals surface area (Å²) >= 11 is 0. The molecule has 2 unspecified atom stereocenters. The van der Waals surface area contributed by atoms with Crippen molar-refractivity contribution in [3.05, 3.63) is 275 Å². The SMILES string of the molecule is C1=CC2=c3c(c4ccccc4c4ccccc34)=CC(c3cc(-c4cccnc4)cc(-c4nc(-c5ccccc5)nc(-c5cccc6c5-c5ccccc5C65c6ccccc6-c6ccccc65)n4)c3)C2C=C1. The van der Waals surface area contributed by atoms with Gasteiger partial charge in [0.2, 0.25) is 0 Å². The largest absolute Gasteiger partial charge is 0.264 e. The van der Waals surface area contributed by atoms with Crippen molar-refractivity contribution in [1.82, 2.24) is 19.9 Å². The first-order valence-electron chi connectivity index (χ1n) is 24.5. The van der Waals surface area contributed by atoms with E-state index in [2.05, 4.69) is 223 Å². The van der Waals surface area contributed by atoms with Crippen LogP contribution >= 0.6 is 0 Å². The van der Waals surface area contributed by atoms with Gasteiger partial charge in [-0.05, 0) is 111 Å². The molecule has 2 aromatic heterocycles. The fraction of sp³-hybridized carbons (Fsp3) is 0.0448. The molecule has 2 atom stereocenters. The van der Waals surface area contributed by atoms with Gasteiger partial charge in [0.05, 0.1) is 5.41 Å². The number of benzene rings is 9. The first-order chi connectivity index (χ1) is 35.2. The first kappa shape index (κ1) is 39.8.